The third kappa shape index (κ3) is 155. The number of methoxy groups -OCH3 is 1. The van der Waals surface area contributed by atoms with Gasteiger partial charge in [0.2, 0.25) is 0 Å². The van der Waals surface area contributed by atoms with Crippen LogP contribution in [-0.4, -0.2) is 226 Å². The summed E-state index contributed by atoms with van der Waals surface area (Å²) in [6.07, 6.45) is 28.2. The van der Waals surface area contributed by atoms with Crippen molar-refractivity contribution in [1.29, 1.82) is 0 Å². The summed E-state index contributed by atoms with van der Waals surface area (Å²) in [5, 5.41) is 69.3. The molecule has 820 valence electrons. The van der Waals surface area contributed by atoms with Gasteiger partial charge in [-0.05, 0) is 295 Å². The predicted octanol–water partition coefficient (Wildman–Crippen LogP) is 30.6. The minimum Gasteiger partial charge on any atom is -0.396 e. The maximum absolute atomic E-state index is 8.94. The number of piperidine rings is 1. The highest BCUT2D eigenvalue weighted by Gasteiger charge is 2.35. The summed E-state index contributed by atoms with van der Waals surface area (Å²) >= 11 is 0. The number of rotatable bonds is 30. The predicted molar refractivity (Wildman–Crippen MR) is 601 cm³/mol. The van der Waals surface area contributed by atoms with Gasteiger partial charge >= 0.3 is 0 Å². The van der Waals surface area contributed by atoms with Gasteiger partial charge in [0.05, 0.1) is 25.9 Å². The fourth-order valence-electron chi connectivity index (χ4n) is 12.1. The average Bonchev–Trinajstić information content (AvgIpc) is 1.70. The smallest absolute Gasteiger partial charge is 0.0775 e. The van der Waals surface area contributed by atoms with Crippen molar-refractivity contribution in [2.24, 2.45) is 111 Å². The number of hydrogen-bond acceptors (Lipinski definition) is 15. The van der Waals surface area contributed by atoms with Gasteiger partial charge in [0, 0.05) is 59.3 Å². The topological polar surface area (TPSA) is 219 Å². The van der Waals surface area contributed by atoms with E-state index in [1.54, 1.807) is 7.11 Å². The van der Waals surface area contributed by atoms with E-state index in [0.717, 1.165) is 76.7 Å². The van der Waals surface area contributed by atoms with Crippen molar-refractivity contribution >= 4 is 0 Å². The summed E-state index contributed by atoms with van der Waals surface area (Å²) in [7, 11) is 8.15. The summed E-state index contributed by atoms with van der Waals surface area (Å²) in [5.74, 6) is 3.13. The van der Waals surface area contributed by atoms with Gasteiger partial charge in [0.25, 0.3) is 0 Å². The Balaban J connectivity index is -0.0000000947. The first kappa shape index (κ1) is 162. The van der Waals surface area contributed by atoms with E-state index in [1.165, 1.54) is 155 Å². The number of nitrogens with zero attached hydrogens (tertiary/aromatic N) is 4. The lowest BCUT2D eigenvalue weighted by Crippen LogP contribution is -2.32. The van der Waals surface area contributed by atoms with Gasteiger partial charge < -0.3 is 75.7 Å². The van der Waals surface area contributed by atoms with Crippen molar-refractivity contribution in [3.8, 4) is 0 Å². The first-order chi connectivity index (χ1) is 57.9. The molecule has 3 fully saturated rings. The van der Waals surface area contributed by atoms with Crippen LogP contribution in [0.2, 0.25) is 0 Å². The van der Waals surface area contributed by atoms with Crippen LogP contribution in [0.15, 0.2) is 0 Å². The molecule has 3 rings (SSSR count). The van der Waals surface area contributed by atoms with Crippen molar-refractivity contribution in [1.82, 2.24) is 19.6 Å². The van der Waals surface area contributed by atoms with Crippen molar-refractivity contribution in [2.75, 3.05) is 160 Å². The van der Waals surface area contributed by atoms with E-state index in [2.05, 4.69) is 325 Å². The zero-order valence-corrected chi connectivity index (χ0v) is 98.6. The highest BCUT2D eigenvalue weighted by Crippen LogP contribution is 2.45. The van der Waals surface area contributed by atoms with Crippen LogP contribution >= 0.6 is 0 Å². The Morgan fingerprint density at radius 2 is 0.697 bits per heavy atom. The first-order valence-corrected chi connectivity index (χ1v) is 52.4. The van der Waals surface area contributed by atoms with Crippen molar-refractivity contribution in [2.45, 2.75) is 501 Å². The lowest BCUT2D eigenvalue weighted by atomic mass is 9.76. The molecule has 1 aliphatic carbocycles. The van der Waals surface area contributed by atoms with Crippen LogP contribution in [0.3, 0.4) is 0 Å². The molecule has 0 amide bonds. The zero-order valence-electron chi connectivity index (χ0n) is 98.6. The molecule has 2 saturated heterocycles. The van der Waals surface area contributed by atoms with Gasteiger partial charge in [-0.1, -0.05) is 386 Å². The molecule has 0 bridgehead atoms. The minimum atomic E-state index is -0.551. The molecule has 4 atom stereocenters. The summed E-state index contributed by atoms with van der Waals surface area (Å²) < 4.78 is 10.0. The van der Waals surface area contributed by atoms with Crippen molar-refractivity contribution < 1.29 is 50.3 Å². The van der Waals surface area contributed by atoms with Gasteiger partial charge in [-0.2, -0.15) is 0 Å². The van der Waals surface area contributed by atoms with Crippen molar-refractivity contribution in [3.05, 3.63) is 0 Å². The molecular weight excluding hydrogens is 1640 g/mol. The maximum atomic E-state index is 8.94. The van der Waals surface area contributed by atoms with Crippen LogP contribution in [0.4, 0.5) is 0 Å². The number of hydrogen-bond donors (Lipinski definition) is 9. The monoisotopic (exact) mass is 1900 g/mol. The van der Waals surface area contributed by atoms with Gasteiger partial charge in [-0.3, -0.25) is 0 Å². The fraction of sp³-hybridized carbons (Fsp3) is 1.00. The van der Waals surface area contributed by atoms with E-state index >= 15 is 0 Å². The molecule has 1 saturated carbocycles. The highest BCUT2D eigenvalue weighted by atomic mass is 16.5. The maximum Gasteiger partial charge on any atom is 0.0775 e. The van der Waals surface area contributed by atoms with Crippen LogP contribution in [-0.2, 0) is 9.47 Å². The third-order valence-electron chi connectivity index (χ3n) is 23.1. The standard InChI is InChI=1S/C11H23N.C10H21N.C10H22O.C9H21N.C9H18.C8H19N.C8H18O2.C8H18O.C8H18.2C7H16O2.C7H16O.C6H15N.C6H14O.3CH4/c1-11(2,3)7-10-12-8-5-4-6-9-12;1-10(2,3)6-9-11-7-4-5-8-11;1-5-6-9(7-8-11)10(2,3)4;1-6-10(5)8-7-9(2,3)4;1-7(8-5-6-8)9(2,3)4;1-8(2,3)6-7-9(4)5;1-8(2,3)4-6-10-7-5-9;1-5-7(6-9)8(2,3)4;1-5-6-7-8(2,3)4;1-7(2,3)6(4-8)5-9;1-7(2,3)4-6(9)5-8;1-7(2,3)5-6-8-4;2*1-6(2,3)4-5-7;;;/h4-10H2,1-3H3;4-9H2,1-3H3;9,11H,5-8H2,1-4H3;6-8H2,1-5H3;7-8H,5-6H2,1-4H3;6-7H2,1-5H3;9H,4-7H2,1-3H3;7,9H,5-6H2,1-4H3;5-7H2,1-4H3;2*6,8-9H,4-5H2,1-3H3;5-6H2,1-4H3;4-5,7H2,1-3H3;7H,4-5H2,1-3H3;3*1H4. The van der Waals surface area contributed by atoms with Crippen LogP contribution in [0.5, 0.6) is 0 Å². The number of aliphatic hydroxyl groups is 8. The van der Waals surface area contributed by atoms with Crippen LogP contribution in [0.1, 0.15) is 495 Å². The normalized spacial score (nSPS) is 15.0. The van der Waals surface area contributed by atoms with E-state index in [4.69, 9.17) is 56.1 Å². The van der Waals surface area contributed by atoms with Crippen LogP contribution in [0.25, 0.3) is 0 Å². The summed E-state index contributed by atoms with van der Waals surface area (Å²) in [6.45, 7) is 120. The molecular formula is C117H267N5O10. The first-order valence-electron chi connectivity index (χ1n) is 52.4. The quantitative estimate of drug-likeness (QED) is 0.0306. The summed E-state index contributed by atoms with van der Waals surface area (Å²) in [4.78, 5) is 9.79. The molecule has 0 aromatic heterocycles. The second kappa shape index (κ2) is 87.0. The molecule has 4 unspecified atom stereocenters. The molecule has 0 spiro atoms. The van der Waals surface area contributed by atoms with Gasteiger partial charge in [0.15, 0.2) is 0 Å². The largest absolute Gasteiger partial charge is 0.396 e. The van der Waals surface area contributed by atoms with E-state index in [-0.39, 0.29) is 70.9 Å². The Morgan fingerprint density at radius 1 is 0.356 bits per heavy atom. The number of nitrogens with two attached hydrogens (primary N) is 1. The Morgan fingerprint density at radius 3 is 0.864 bits per heavy atom. The second-order valence-electron chi connectivity index (χ2n) is 54.7. The second-order valence-corrected chi connectivity index (χ2v) is 54.7. The fourth-order valence-corrected chi connectivity index (χ4v) is 12.1. The molecule has 15 nitrogen and oxygen atoms in total. The lowest BCUT2D eigenvalue weighted by Gasteiger charge is -2.29. The molecule has 2 aliphatic heterocycles. The Bertz CT molecular complexity index is 2170. The van der Waals surface area contributed by atoms with E-state index in [9.17, 15) is 0 Å². The van der Waals surface area contributed by atoms with Crippen LogP contribution < -0.4 is 5.73 Å². The van der Waals surface area contributed by atoms with Gasteiger partial charge in [0.1, 0.15) is 0 Å². The van der Waals surface area contributed by atoms with Gasteiger partial charge in [-0.15, -0.1) is 0 Å². The molecule has 0 radical (unpaired) electrons. The minimum absolute atomic E-state index is 0. The summed E-state index contributed by atoms with van der Waals surface area (Å²) in [6, 6.07) is 0. The number of aliphatic hydroxyl groups excluding tert-OH is 8. The Hall–Kier alpha value is -0.600. The molecule has 0 aromatic rings. The molecule has 3 aliphatic rings. The lowest BCUT2D eigenvalue weighted by molar-refractivity contribution is 0.0612. The number of likely N-dealkylation sites (tertiary alicyclic amines) is 2. The van der Waals surface area contributed by atoms with Crippen LogP contribution in [0, 0.1) is 105 Å². The third-order valence-corrected chi connectivity index (χ3v) is 23.1. The molecule has 132 heavy (non-hydrogen) atoms. The number of ether oxygens (including phenoxy) is 2. The number of unbranched alkanes of at least 4 members (excludes halogenated alkanes) is 1. The zero-order chi connectivity index (χ0) is 105. The average molecular weight is 1900 g/mol. The van der Waals surface area contributed by atoms with E-state index in [1.807, 2.05) is 41.5 Å². The van der Waals surface area contributed by atoms with E-state index < -0.39 is 6.10 Å². The van der Waals surface area contributed by atoms with Gasteiger partial charge in [-0.25, -0.2) is 0 Å². The molecule has 10 N–H and O–H groups in total. The van der Waals surface area contributed by atoms with Crippen molar-refractivity contribution in [3.63, 3.8) is 0 Å². The Labute approximate surface area is 837 Å². The van der Waals surface area contributed by atoms with E-state index in [0.29, 0.717) is 104 Å². The highest BCUT2D eigenvalue weighted by molar-refractivity contribution is 4.85. The molecule has 0 aromatic carbocycles. The Kier molecular flexibility index (Phi) is 107. The SMILES string of the molecule is C.C.C.CC(C)(C)C(CO)CO.CC(C)(C)CC(O)CO.CC(C)(C)CCN.CC(C)(C)CCN1CCCC1.CC(C)(C)CCN1CCCCC1.CC(C)(C)CCO.CC(C)(C)CCOCCO.CC(C1CC1)C(C)(C)C.CCC(CO)C(C)(C)C.CCCC(CCO)C(C)(C)C.CCCCC(C)(C)C.CCN(C)CCC(C)(C)C.CN(C)CCC(C)(C)C.COCCC(C)(C)C. The molecule has 2 heterocycles. The molecule has 15 heteroatoms. The summed E-state index contributed by atoms with van der Waals surface area (Å²) in [5.41, 5.74) is 10.7.